The van der Waals surface area contributed by atoms with Crippen molar-refractivity contribution in [3.05, 3.63) is 118 Å². The number of carbonyl (C=O) groups excluding carboxylic acids is 1. The van der Waals surface area contributed by atoms with Gasteiger partial charge in [-0.25, -0.2) is 4.79 Å². The smallest absolute Gasteiger partial charge is 0.336 e. The van der Waals surface area contributed by atoms with Crippen molar-refractivity contribution in [2.24, 2.45) is 0 Å². The lowest BCUT2D eigenvalue weighted by Gasteiger charge is -2.30. The first-order valence-electron chi connectivity index (χ1n) is 22.2. The van der Waals surface area contributed by atoms with Gasteiger partial charge in [-0.15, -0.1) is 0 Å². The van der Waals surface area contributed by atoms with Crippen LogP contribution in [0.5, 0.6) is 34.5 Å². The fraction of sp³-hybridized carbons (Fsp3) is 0.453. The van der Waals surface area contributed by atoms with E-state index in [4.69, 9.17) is 33.5 Å². The van der Waals surface area contributed by atoms with Crippen LogP contribution in [0.1, 0.15) is 139 Å². The van der Waals surface area contributed by atoms with Gasteiger partial charge < -0.3 is 28.6 Å². The van der Waals surface area contributed by atoms with E-state index in [2.05, 4.69) is 65.8 Å². The number of unbranched alkanes of at least 4 members (excludes halogenated alkanes) is 6. The first kappa shape index (κ1) is 45.3. The van der Waals surface area contributed by atoms with Crippen LogP contribution in [0.3, 0.4) is 0 Å². The van der Waals surface area contributed by atoms with Crippen molar-refractivity contribution < 1.29 is 38.3 Å². The maximum Gasteiger partial charge on any atom is 0.336 e. The SMILES string of the molecule is CCCCCCOc1ccc(C=CCOOc2ccc3c(c2)C2(CC3(C)C)CC(C)(C)c3ccc(OC(=O)C=Cc4ccc(OCCCCCC)c(OC)c4)cc32)cc1OC. The van der Waals surface area contributed by atoms with Crippen LogP contribution in [0.4, 0.5) is 0 Å². The first-order chi connectivity index (χ1) is 29.4. The summed E-state index contributed by atoms with van der Waals surface area (Å²) in [5.74, 6) is 3.51. The number of hydrogen-bond donors (Lipinski definition) is 0. The third-order valence-corrected chi connectivity index (χ3v) is 12.1. The minimum absolute atomic E-state index is 0.0854. The maximum atomic E-state index is 13.2. The molecule has 0 amide bonds. The van der Waals surface area contributed by atoms with E-state index in [9.17, 15) is 4.79 Å². The lowest BCUT2D eigenvalue weighted by molar-refractivity contribution is -0.195. The summed E-state index contributed by atoms with van der Waals surface area (Å²) in [7, 11) is 3.29. The van der Waals surface area contributed by atoms with Crippen LogP contribution in [-0.2, 0) is 25.9 Å². The molecule has 1 unspecified atom stereocenters. The number of esters is 1. The van der Waals surface area contributed by atoms with E-state index in [1.807, 2.05) is 60.7 Å². The average molecular weight is 831 g/mol. The molecule has 0 fully saturated rings. The summed E-state index contributed by atoms with van der Waals surface area (Å²) in [6.45, 7) is 15.2. The molecule has 6 rings (SSSR count). The van der Waals surface area contributed by atoms with Gasteiger partial charge in [0.15, 0.2) is 28.7 Å². The number of carbonyl (C=O) groups is 1. The Morgan fingerprint density at radius 3 is 1.66 bits per heavy atom. The van der Waals surface area contributed by atoms with Crippen LogP contribution in [0.15, 0.2) is 84.9 Å². The second kappa shape index (κ2) is 20.6. The Kier molecular flexibility index (Phi) is 15.3. The third kappa shape index (κ3) is 11.0. The molecule has 61 heavy (non-hydrogen) atoms. The highest BCUT2D eigenvalue weighted by Gasteiger charge is 2.56. The zero-order valence-electron chi connectivity index (χ0n) is 37.7. The molecule has 0 saturated heterocycles. The van der Waals surface area contributed by atoms with Crippen LogP contribution in [0.25, 0.3) is 12.2 Å². The Morgan fingerprint density at radius 2 is 1.11 bits per heavy atom. The van der Waals surface area contributed by atoms with Crippen LogP contribution < -0.4 is 28.6 Å². The van der Waals surface area contributed by atoms with Crippen LogP contribution >= 0.6 is 0 Å². The molecule has 0 radical (unpaired) electrons. The van der Waals surface area contributed by atoms with Gasteiger partial charge in [-0.05, 0) is 125 Å². The Bertz CT molecular complexity index is 2160. The van der Waals surface area contributed by atoms with Gasteiger partial charge in [0.05, 0.1) is 27.4 Å². The summed E-state index contributed by atoms with van der Waals surface area (Å²) in [6, 6.07) is 24.0. The molecule has 1 spiro atoms. The Balaban J connectivity index is 1.12. The number of hydrogen-bond acceptors (Lipinski definition) is 8. The zero-order valence-corrected chi connectivity index (χ0v) is 37.7. The van der Waals surface area contributed by atoms with Crippen molar-refractivity contribution >= 4 is 18.1 Å². The number of methoxy groups -OCH3 is 2. The van der Waals surface area contributed by atoms with E-state index in [1.54, 1.807) is 20.3 Å². The van der Waals surface area contributed by atoms with Crippen molar-refractivity contribution in [3.8, 4) is 34.5 Å². The zero-order chi connectivity index (χ0) is 43.5. The van der Waals surface area contributed by atoms with Gasteiger partial charge in [-0.1, -0.05) is 116 Å². The van der Waals surface area contributed by atoms with Crippen molar-refractivity contribution in [2.45, 2.75) is 122 Å². The number of rotatable bonds is 22. The van der Waals surface area contributed by atoms with Crippen molar-refractivity contribution in [1.82, 2.24) is 0 Å². The van der Waals surface area contributed by atoms with Gasteiger partial charge in [0.2, 0.25) is 0 Å². The van der Waals surface area contributed by atoms with Gasteiger partial charge in [-0.3, -0.25) is 0 Å². The molecular formula is C53H66O8. The average Bonchev–Trinajstić information content (AvgIpc) is 3.61. The van der Waals surface area contributed by atoms with Crippen LogP contribution in [0, 0.1) is 0 Å². The normalized spacial score (nSPS) is 17.1. The fourth-order valence-corrected chi connectivity index (χ4v) is 9.30. The molecule has 8 heteroatoms. The molecule has 0 bridgehead atoms. The maximum absolute atomic E-state index is 13.2. The van der Waals surface area contributed by atoms with Crippen molar-refractivity contribution in [2.75, 3.05) is 34.0 Å². The monoisotopic (exact) mass is 830 g/mol. The first-order valence-corrected chi connectivity index (χ1v) is 22.2. The number of ether oxygens (including phenoxy) is 5. The molecule has 0 aromatic heterocycles. The molecular weight excluding hydrogens is 765 g/mol. The predicted molar refractivity (Wildman–Crippen MR) is 244 cm³/mol. The molecule has 0 heterocycles. The largest absolute Gasteiger partial charge is 0.493 e. The third-order valence-electron chi connectivity index (χ3n) is 12.1. The Hall–Kier alpha value is -5.21. The van der Waals surface area contributed by atoms with E-state index in [-0.39, 0.29) is 22.9 Å². The second-order valence-electron chi connectivity index (χ2n) is 17.8. The quantitative estimate of drug-likeness (QED) is 0.0193. The van der Waals surface area contributed by atoms with E-state index in [0.29, 0.717) is 42.0 Å². The highest BCUT2D eigenvalue weighted by molar-refractivity contribution is 5.89. The molecule has 0 saturated carbocycles. The van der Waals surface area contributed by atoms with Gasteiger partial charge >= 0.3 is 5.97 Å². The molecule has 2 aliphatic carbocycles. The van der Waals surface area contributed by atoms with Crippen LogP contribution in [-0.4, -0.2) is 40.0 Å². The van der Waals surface area contributed by atoms with Crippen LogP contribution in [0.2, 0.25) is 0 Å². The van der Waals surface area contributed by atoms with Gasteiger partial charge in [0.25, 0.3) is 0 Å². The lowest BCUT2D eigenvalue weighted by Crippen LogP contribution is -2.27. The predicted octanol–water partition coefficient (Wildman–Crippen LogP) is 12.9. The van der Waals surface area contributed by atoms with E-state index < -0.39 is 5.97 Å². The summed E-state index contributed by atoms with van der Waals surface area (Å²) in [5, 5.41) is 0. The minimum atomic E-state index is -0.450. The van der Waals surface area contributed by atoms with E-state index >= 15 is 0 Å². The molecule has 4 aromatic rings. The lowest BCUT2D eigenvalue weighted by atomic mass is 9.72. The summed E-state index contributed by atoms with van der Waals surface area (Å²) < 4.78 is 29.1. The summed E-state index contributed by atoms with van der Waals surface area (Å²) in [6.07, 6.45) is 18.1. The molecule has 0 aliphatic heterocycles. The molecule has 1 atom stereocenters. The standard InChI is InChI=1S/C53H66O8/c1-9-11-13-15-29-57-46-26-19-38(32-48(46)55-7)18-17-31-59-61-41-23-25-43-45(35-41)53(37-52(43,5)6)36-51(3,4)42-24-22-40(34-44(42)53)60-50(54)28-21-39-20-27-47(49(33-39)56-8)58-30-16-14-12-10-2/h17-28,32-35H,9-16,29-31,36-37H2,1-8H3. The summed E-state index contributed by atoms with van der Waals surface area (Å²) in [4.78, 5) is 24.9. The minimum Gasteiger partial charge on any atom is -0.493 e. The highest BCUT2D eigenvalue weighted by atomic mass is 17.2. The molecule has 8 nitrogen and oxygen atoms in total. The molecule has 0 N–H and O–H groups in total. The Morgan fingerprint density at radius 1 is 0.590 bits per heavy atom. The second-order valence-corrected chi connectivity index (χ2v) is 17.8. The fourth-order valence-electron chi connectivity index (χ4n) is 9.30. The van der Waals surface area contributed by atoms with Crippen molar-refractivity contribution in [1.29, 1.82) is 0 Å². The number of benzene rings is 4. The number of fused-ring (bicyclic) bond motifs is 4. The topological polar surface area (TPSA) is 81.7 Å². The van der Waals surface area contributed by atoms with E-state index in [0.717, 1.165) is 49.0 Å². The van der Waals surface area contributed by atoms with E-state index in [1.165, 1.54) is 60.4 Å². The van der Waals surface area contributed by atoms with Gasteiger partial charge in [0.1, 0.15) is 12.4 Å². The summed E-state index contributed by atoms with van der Waals surface area (Å²) >= 11 is 0. The molecule has 2 aliphatic rings. The van der Waals surface area contributed by atoms with Crippen molar-refractivity contribution in [3.63, 3.8) is 0 Å². The molecule has 4 aromatic carbocycles. The molecule has 326 valence electrons. The van der Waals surface area contributed by atoms with Gasteiger partial charge in [-0.2, -0.15) is 4.89 Å². The Labute approximate surface area is 364 Å². The highest BCUT2D eigenvalue weighted by Crippen LogP contribution is 2.63. The van der Waals surface area contributed by atoms with Gasteiger partial charge in [0, 0.05) is 11.5 Å². The summed E-state index contributed by atoms with van der Waals surface area (Å²) in [5.41, 5.74) is 6.29.